The molecule has 0 saturated carbocycles. The Labute approximate surface area is 103 Å². The first kappa shape index (κ1) is 13.6. The first-order valence-electron chi connectivity index (χ1n) is 4.97. The van der Waals surface area contributed by atoms with E-state index in [1.807, 2.05) is 0 Å². The Kier molecular flexibility index (Phi) is 5.90. The zero-order chi connectivity index (χ0) is 12.0. The second kappa shape index (κ2) is 6.96. The lowest BCUT2D eigenvalue weighted by molar-refractivity contribution is 0.184. The average Bonchev–Trinajstić information content (AvgIpc) is 2.28. The molecule has 1 atom stereocenters. The van der Waals surface area contributed by atoms with E-state index in [1.54, 1.807) is 13.2 Å². The van der Waals surface area contributed by atoms with Gasteiger partial charge >= 0.3 is 0 Å². The smallest absolute Gasteiger partial charge is 0.123 e. The lowest BCUT2D eigenvalue weighted by Gasteiger charge is -2.18. The van der Waals surface area contributed by atoms with Gasteiger partial charge in [0.25, 0.3) is 0 Å². The molecule has 0 aliphatic heterocycles. The minimum Gasteiger partial charge on any atom is -0.394 e. The van der Waals surface area contributed by atoms with E-state index in [0.717, 1.165) is 4.47 Å². The first-order chi connectivity index (χ1) is 7.69. The summed E-state index contributed by atoms with van der Waals surface area (Å²) in [4.78, 5) is 0. The fourth-order valence-electron chi connectivity index (χ4n) is 1.39. The summed E-state index contributed by atoms with van der Waals surface area (Å²) in [5.41, 5.74) is 0.707. The van der Waals surface area contributed by atoms with E-state index in [2.05, 4.69) is 21.2 Å². The van der Waals surface area contributed by atoms with Crippen molar-refractivity contribution in [3.8, 4) is 0 Å². The van der Waals surface area contributed by atoms with Crippen molar-refractivity contribution in [3.63, 3.8) is 0 Å². The van der Waals surface area contributed by atoms with Crippen molar-refractivity contribution >= 4 is 15.9 Å². The highest BCUT2D eigenvalue weighted by molar-refractivity contribution is 9.10. The van der Waals surface area contributed by atoms with Crippen LogP contribution in [0.3, 0.4) is 0 Å². The molecule has 0 spiro atoms. The molecule has 3 nitrogen and oxygen atoms in total. The zero-order valence-electron chi connectivity index (χ0n) is 9.04. The Morgan fingerprint density at radius 3 is 2.94 bits per heavy atom. The van der Waals surface area contributed by atoms with Gasteiger partial charge in [-0.25, -0.2) is 4.39 Å². The summed E-state index contributed by atoms with van der Waals surface area (Å²) in [7, 11) is 1.60. The highest BCUT2D eigenvalue weighted by Gasteiger charge is 2.13. The molecular formula is C11H15BrFNO2. The number of aliphatic hydroxyl groups is 1. The van der Waals surface area contributed by atoms with E-state index in [4.69, 9.17) is 4.74 Å². The SMILES string of the molecule is COCCNC(CO)c1cc(F)ccc1Br. The summed E-state index contributed by atoms with van der Waals surface area (Å²) in [6.07, 6.45) is 0. The van der Waals surface area contributed by atoms with Crippen LogP contribution in [0.25, 0.3) is 0 Å². The van der Waals surface area contributed by atoms with Crippen molar-refractivity contribution < 1.29 is 14.2 Å². The fourth-order valence-corrected chi connectivity index (χ4v) is 1.91. The topological polar surface area (TPSA) is 41.5 Å². The van der Waals surface area contributed by atoms with Gasteiger partial charge in [-0.1, -0.05) is 15.9 Å². The molecule has 0 fully saturated rings. The van der Waals surface area contributed by atoms with Gasteiger partial charge in [0.05, 0.1) is 19.3 Å². The minimum absolute atomic E-state index is 0.0915. The molecule has 0 amide bonds. The van der Waals surface area contributed by atoms with Crippen molar-refractivity contribution in [2.45, 2.75) is 6.04 Å². The molecule has 0 aliphatic rings. The van der Waals surface area contributed by atoms with Crippen molar-refractivity contribution in [1.29, 1.82) is 0 Å². The van der Waals surface area contributed by atoms with Crippen LogP contribution >= 0.6 is 15.9 Å². The Morgan fingerprint density at radius 1 is 1.56 bits per heavy atom. The van der Waals surface area contributed by atoms with Crippen LogP contribution in [0, 0.1) is 5.82 Å². The molecule has 90 valence electrons. The lowest BCUT2D eigenvalue weighted by atomic mass is 10.1. The second-order valence-corrected chi connectivity index (χ2v) is 4.20. The molecule has 1 unspecified atom stereocenters. The van der Waals surface area contributed by atoms with Crippen LogP contribution in [-0.4, -0.2) is 32.0 Å². The van der Waals surface area contributed by atoms with Gasteiger partial charge in [-0.05, 0) is 23.8 Å². The number of hydrogen-bond donors (Lipinski definition) is 2. The third kappa shape index (κ3) is 3.83. The van der Waals surface area contributed by atoms with Crippen LogP contribution in [0.1, 0.15) is 11.6 Å². The maximum atomic E-state index is 13.1. The van der Waals surface area contributed by atoms with Crippen molar-refractivity contribution in [1.82, 2.24) is 5.32 Å². The highest BCUT2D eigenvalue weighted by atomic mass is 79.9. The Hall–Kier alpha value is -0.490. The van der Waals surface area contributed by atoms with Gasteiger partial charge in [-0.3, -0.25) is 0 Å². The molecule has 16 heavy (non-hydrogen) atoms. The van der Waals surface area contributed by atoms with Crippen LogP contribution in [0.4, 0.5) is 4.39 Å². The van der Waals surface area contributed by atoms with Gasteiger partial charge in [-0.15, -0.1) is 0 Å². The summed E-state index contributed by atoms with van der Waals surface area (Å²) in [6.45, 7) is 1.06. The molecule has 0 aliphatic carbocycles. The Morgan fingerprint density at radius 2 is 2.31 bits per heavy atom. The van der Waals surface area contributed by atoms with Crippen LogP contribution in [-0.2, 0) is 4.74 Å². The summed E-state index contributed by atoms with van der Waals surface area (Å²) in [5.74, 6) is -0.315. The quantitative estimate of drug-likeness (QED) is 0.786. The number of methoxy groups -OCH3 is 1. The number of ether oxygens (including phenoxy) is 1. The third-order valence-corrected chi connectivity index (χ3v) is 2.94. The lowest BCUT2D eigenvalue weighted by Crippen LogP contribution is -2.28. The normalized spacial score (nSPS) is 12.8. The molecule has 1 rings (SSSR count). The van der Waals surface area contributed by atoms with Gasteiger partial charge in [0.1, 0.15) is 5.82 Å². The van der Waals surface area contributed by atoms with E-state index >= 15 is 0 Å². The summed E-state index contributed by atoms with van der Waals surface area (Å²) >= 11 is 3.33. The molecular weight excluding hydrogens is 277 g/mol. The Bertz CT molecular complexity index is 336. The van der Waals surface area contributed by atoms with E-state index in [1.165, 1.54) is 12.1 Å². The summed E-state index contributed by atoms with van der Waals surface area (Å²) < 4.78 is 18.7. The van der Waals surface area contributed by atoms with Crippen LogP contribution in [0.5, 0.6) is 0 Å². The van der Waals surface area contributed by atoms with Crippen LogP contribution in [0.2, 0.25) is 0 Å². The van der Waals surface area contributed by atoms with E-state index in [-0.39, 0.29) is 18.5 Å². The molecule has 5 heteroatoms. The predicted molar refractivity (Wildman–Crippen MR) is 63.8 cm³/mol. The third-order valence-electron chi connectivity index (χ3n) is 2.21. The molecule has 0 aromatic heterocycles. The molecule has 1 aromatic carbocycles. The van der Waals surface area contributed by atoms with Gasteiger partial charge in [0, 0.05) is 18.1 Å². The number of aliphatic hydroxyl groups excluding tert-OH is 1. The predicted octanol–water partition coefficient (Wildman–Crippen LogP) is 1.86. The monoisotopic (exact) mass is 291 g/mol. The average molecular weight is 292 g/mol. The maximum Gasteiger partial charge on any atom is 0.123 e. The number of benzene rings is 1. The Balaban J connectivity index is 2.73. The van der Waals surface area contributed by atoms with Crippen LogP contribution < -0.4 is 5.32 Å². The van der Waals surface area contributed by atoms with Gasteiger partial charge < -0.3 is 15.2 Å². The minimum atomic E-state index is -0.315. The highest BCUT2D eigenvalue weighted by Crippen LogP contribution is 2.24. The van der Waals surface area contributed by atoms with Gasteiger partial charge in [0.15, 0.2) is 0 Å². The number of rotatable bonds is 6. The molecule has 2 N–H and O–H groups in total. The molecule has 0 radical (unpaired) electrons. The number of hydrogen-bond acceptors (Lipinski definition) is 3. The van der Waals surface area contributed by atoms with Crippen molar-refractivity contribution in [3.05, 3.63) is 34.1 Å². The number of halogens is 2. The molecule has 0 bridgehead atoms. The summed E-state index contributed by atoms with van der Waals surface area (Å²) in [5, 5.41) is 12.3. The molecule has 0 heterocycles. The maximum absolute atomic E-state index is 13.1. The summed E-state index contributed by atoms with van der Waals surface area (Å²) in [6, 6.07) is 4.12. The largest absolute Gasteiger partial charge is 0.394 e. The second-order valence-electron chi connectivity index (χ2n) is 3.35. The fraction of sp³-hybridized carbons (Fsp3) is 0.455. The van der Waals surface area contributed by atoms with Crippen molar-refractivity contribution in [2.24, 2.45) is 0 Å². The van der Waals surface area contributed by atoms with E-state index in [0.29, 0.717) is 18.7 Å². The van der Waals surface area contributed by atoms with Crippen LogP contribution in [0.15, 0.2) is 22.7 Å². The number of nitrogens with one attached hydrogen (secondary N) is 1. The first-order valence-corrected chi connectivity index (χ1v) is 5.76. The van der Waals surface area contributed by atoms with E-state index < -0.39 is 0 Å². The van der Waals surface area contributed by atoms with Crippen molar-refractivity contribution in [2.75, 3.05) is 26.9 Å². The van der Waals surface area contributed by atoms with E-state index in [9.17, 15) is 9.50 Å². The molecule has 1 aromatic rings. The van der Waals surface area contributed by atoms with Gasteiger partial charge in [0.2, 0.25) is 0 Å². The standard InChI is InChI=1S/C11H15BrFNO2/c1-16-5-4-14-11(7-15)9-6-8(13)2-3-10(9)12/h2-3,6,11,14-15H,4-5,7H2,1H3. The zero-order valence-corrected chi connectivity index (χ0v) is 10.6. The molecule has 0 saturated heterocycles. The van der Waals surface area contributed by atoms with Gasteiger partial charge in [-0.2, -0.15) is 0 Å².